The summed E-state index contributed by atoms with van der Waals surface area (Å²) in [5, 5.41) is -0.326. The standard InChI is InChI=1S/C16H17NO5S/c1-5-6-17-15(18)14(23-16(17)19)9-11-12(21-3)7-10(20-2)8-13(11)22-4/h5,7-9H,1,6H2,2-4H3/b14-9-. The fourth-order valence-corrected chi connectivity index (χ4v) is 2.92. The molecule has 1 aliphatic heterocycles. The van der Waals surface area contributed by atoms with Gasteiger partial charge in [0.15, 0.2) is 0 Å². The summed E-state index contributed by atoms with van der Waals surface area (Å²) in [5.41, 5.74) is 0.569. The van der Waals surface area contributed by atoms with E-state index in [0.29, 0.717) is 27.7 Å². The van der Waals surface area contributed by atoms with Crippen LogP contribution in [0.1, 0.15) is 5.56 Å². The Morgan fingerprint density at radius 2 is 1.74 bits per heavy atom. The van der Waals surface area contributed by atoms with Gasteiger partial charge < -0.3 is 14.2 Å². The molecule has 0 radical (unpaired) electrons. The molecule has 0 aromatic heterocycles. The molecule has 0 spiro atoms. The normalized spacial score (nSPS) is 16.0. The first-order valence-electron chi connectivity index (χ1n) is 6.72. The van der Waals surface area contributed by atoms with Crippen LogP contribution in [0.25, 0.3) is 6.08 Å². The Kier molecular flexibility index (Phi) is 5.33. The van der Waals surface area contributed by atoms with Gasteiger partial charge in [0.25, 0.3) is 11.1 Å². The second-order valence-electron chi connectivity index (χ2n) is 4.53. The van der Waals surface area contributed by atoms with E-state index in [1.54, 1.807) is 18.2 Å². The maximum atomic E-state index is 12.3. The average Bonchev–Trinajstić information content (AvgIpc) is 2.82. The number of benzene rings is 1. The van der Waals surface area contributed by atoms with Crippen molar-refractivity contribution in [2.45, 2.75) is 0 Å². The number of thioether (sulfide) groups is 1. The number of rotatable bonds is 6. The third-order valence-corrected chi connectivity index (χ3v) is 4.12. The SMILES string of the molecule is C=CCN1C(=O)S/C(=C\c2c(OC)cc(OC)cc2OC)C1=O. The maximum Gasteiger partial charge on any atom is 0.293 e. The molecule has 1 aromatic carbocycles. The van der Waals surface area contributed by atoms with Gasteiger partial charge in [0, 0.05) is 18.7 Å². The van der Waals surface area contributed by atoms with E-state index in [9.17, 15) is 9.59 Å². The molecule has 1 saturated heterocycles. The summed E-state index contributed by atoms with van der Waals surface area (Å²) >= 11 is 0.873. The van der Waals surface area contributed by atoms with Gasteiger partial charge in [0.1, 0.15) is 17.2 Å². The highest BCUT2D eigenvalue weighted by atomic mass is 32.2. The molecule has 6 nitrogen and oxygen atoms in total. The van der Waals surface area contributed by atoms with Gasteiger partial charge in [-0.15, -0.1) is 6.58 Å². The first-order chi connectivity index (χ1) is 11.0. The van der Waals surface area contributed by atoms with Crippen LogP contribution in [-0.4, -0.2) is 43.9 Å². The summed E-state index contributed by atoms with van der Waals surface area (Å²) < 4.78 is 15.9. The maximum absolute atomic E-state index is 12.3. The van der Waals surface area contributed by atoms with Gasteiger partial charge in [-0.25, -0.2) is 0 Å². The van der Waals surface area contributed by atoms with Crippen LogP contribution in [0.3, 0.4) is 0 Å². The molecule has 7 heteroatoms. The van der Waals surface area contributed by atoms with Crippen molar-refractivity contribution in [1.82, 2.24) is 4.90 Å². The number of carbonyl (C=O) groups excluding carboxylic acids is 2. The van der Waals surface area contributed by atoms with Crippen molar-refractivity contribution in [2.24, 2.45) is 0 Å². The van der Waals surface area contributed by atoms with Crippen molar-refractivity contribution in [3.05, 3.63) is 35.3 Å². The molecule has 1 fully saturated rings. The second kappa shape index (κ2) is 7.23. The Balaban J connectivity index is 2.48. The number of methoxy groups -OCH3 is 3. The van der Waals surface area contributed by atoms with E-state index in [2.05, 4.69) is 6.58 Å². The van der Waals surface area contributed by atoms with E-state index in [0.717, 1.165) is 16.7 Å². The lowest BCUT2D eigenvalue weighted by Gasteiger charge is -2.13. The monoisotopic (exact) mass is 335 g/mol. The Labute approximate surface area is 138 Å². The number of hydrogen-bond acceptors (Lipinski definition) is 6. The zero-order chi connectivity index (χ0) is 17.0. The average molecular weight is 335 g/mol. The van der Waals surface area contributed by atoms with E-state index in [1.165, 1.54) is 27.4 Å². The Hall–Kier alpha value is -2.41. The Bertz CT molecular complexity index is 658. The van der Waals surface area contributed by atoms with Crippen LogP contribution in [0.5, 0.6) is 17.2 Å². The highest BCUT2D eigenvalue weighted by molar-refractivity contribution is 8.18. The third-order valence-electron chi connectivity index (χ3n) is 3.21. The highest BCUT2D eigenvalue weighted by Crippen LogP contribution is 2.39. The lowest BCUT2D eigenvalue weighted by molar-refractivity contribution is -0.122. The molecule has 0 bridgehead atoms. The Morgan fingerprint density at radius 1 is 1.13 bits per heavy atom. The molecule has 0 N–H and O–H groups in total. The summed E-state index contributed by atoms with van der Waals surface area (Å²) in [4.78, 5) is 25.6. The first kappa shape index (κ1) is 17.0. The van der Waals surface area contributed by atoms with E-state index in [4.69, 9.17) is 14.2 Å². The molecule has 1 heterocycles. The molecule has 0 aliphatic carbocycles. The number of nitrogens with zero attached hydrogens (tertiary/aromatic N) is 1. The van der Waals surface area contributed by atoms with Crippen molar-refractivity contribution in [1.29, 1.82) is 0 Å². The van der Waals surface area contributed by atoms with E-state index < -0.39 is 0 Å². The van der Waals surface area contributed by atoms with Crippen molar-refractivity contribution in [3.63, 3.8) is 0 Å². The summed E-state index contributed by atoms with van der Waals surface area (Å²) in [5.74, 6) is 1.17. The van der Waals surface area contributed by atoms with Crippen LogP contribution >= 0.6 is 11.8 Å². The van der Waals surface area contributed by atoms with Crippen LogP contribution < -0.4 is 14.2 Å². The predicted molar refractivity (Wildman–Crippen MR) is 89.0 cm³/mol. The van der Waals surface area contributed by atoms with Crippen molar-refractivity contribution < 1.29 is 23.8 Å². The molecule has 0 unspecified atom stereocenters. The Morgan fingerprint density at radius 3 is 2.22 bits per heavy atom. The summed E-state index contributed by atoms with van der Waals surface area (Å²) in [7, 11) is 4.55. The quantitative estimate of drug-likeness (QED) is 0.588. The van der Waals surface area contributed by atoms with E-state index in [1.807, 2.05) is 0 Å². The minimum absolute atomic E-state index is 0.179. The number of imide groups is 1. The van der Waals surface area contributed by atoms with Gasteiger partial charge >= 0.3 is 0 Å². The minimum Gasteiger partial charge on any atom is -0.496 e. The minimum atomic E-state index is -0.361. The molecule has 2 amide bonds. The lowest BCUT2D eigenvalue weighted by atomic mass is 10.1. The number of hydrogen-bond donors (Lipinski definition) is 0. The smallest absolute Gasteiger partial charge is 0.293 e. The molecule has 0 saturated carbocycles. The summed E-state index contributed by atoms with van der Waals surface area (Å²) in [6.45, 7) is 3.73. The van der Waals surface area contributed by atoms with E-state index >= 15 is 0 Å². The zero-order valence-electron chi connectivity index (χ0n) is 13.1. The molecule has 2 rings (SSSR count). The molecular formula is C16H17NO5S. The van der Waals surface area contributed by atoms with Gasteiger partial charge in [-0.2, -0.15) is 0 Å². The second-order valence-corrected chi connectivity index (χ2v) is 5.52. The van der Waals surface area contributed by atoms with Gasteiger partial charge in [-0.1, -0.05) is 6.08 Å². The van der Waals surface area contributed by atoms with Crippen molar-refractivity contribution in [2.75, 3.05) is 27.9 Å². The zero-order valence-corrected chi connectivity index (χ0v) is 13.9. The summed E-state index contributed by atoms with van der Waals surface area (Å²) in [6.07, 6.45) is 3.10. The van der Waals surface area contributed by atoms with Crippen molar-refractivity contribution >= 4 is 29.0 Å². The van der Waals surface area contributed by atoms with Crippen LogP contribution in [-0.2, 0) is 4.79 Å². The van der Waals surface area contributed by atoms with Gasteiger partial charge in [0.05, 0.1) is 31.8 Å². The fraction of sp³-hybridized carbons (Fsp3) is 0.250. The van der Waals surface area contributed by atoms with Crippen LogP contribution in [0.15, 0.2) is 29.7 Å². The van der Waals surface area contributed by atoms with Crippen molar-refractivity contribution in [3.8, 4) is 17.2 Å². The summed E-state index contributed by atoms with van der Waals surface area (Å²) in [6, 6.07) is 3.37. The number of amides is 2. The topological polar surface area (TPSA) is 65.1 Å². The van der Waals surface area contributed by atoms with Crippen LogP contribution in [0, 0.1) is 0 Å². The fourth-order valence-electron chi connectivity index (χ4n) is 2.09. The number of ether oxygens (including phenoxy) is 3. The molecule has 0 atom stereocenters. The molecule has 122 valence electrons. The third kappa shape index (κ3) is 3.34. The molecular weight excluding hydrogens is 318 g/mol. The first-order valence-corrected chi connectivity index (χ1v) is 7.53. The van der Waals surface area contributed by atoms with E-state index in [-0.39, 0.29) is 17.7 Å². The molecule has 1 aromatic rings. The van der Waals surface area contributed by atoms with Crippen LogP contribution in [0.2, 0.25) is 0 Å². The van der Waals surface area contributed by atoms with Crippen LogP contribution in [0.4, 0.5) is 4.79 Å². The van der Waals surface area contributed by atoms with Gasteiger partial charge in [0.2, 0.25) is 0 Å². The molecule has 1 aliphatic rings. The lowest BCUT2D eigenvalue weighted by Crippen LogP contribution is -2.27. The predicted octanol–water partition coefficient (Wildman–Crippen LogP) is 2.93. The van der Waals surface area contributed by atoms with Gasteiger partial charge in [-0.3, -0.25) is 14.5 Å². The van der Waals surface area contributed by atoms with Gasteiger partial charge in [-0.05, 0) is 17.8 Å². The largest absolute Gasteiger partial charge is 0.496 e. The molecule has 23 heavy (non-hydrogen) atoms. The highest BCUT2D eigenvalue weighted by Gasteiger charge is 2.34. The number of carbonyl (C=O) groups is 2.